The van der Waals surface area contributed by atoms with Gasteiger partial charge < -0.3 is 10.0 Å². The Balaban J connectivity index is 2.38. The molecule has 0 aliphatic carbocycles. The lowest BCUT2D eigenvalue weighted by atomic mass is 9.96. The normalized spacial score (nSPS) is 23.3. The van der Waals surface area contributed by atoms with Crippen LogP contribution in [-0.4, -0.2) is 35.6 Å². The maximum absolute atomic E-state index is 10.9. The fourth-order valence-corrected chi connectivity index (χ4v) is 2.33. The first-order valence-corrected chi connectivity index (χ1v) is 6.12. The second-order valence-electron chi connectivity index (χ2n) is 4.62. The number of hydrogen-bond acceptors (Lipinski definition) is 2. The minimum Gasteiger partial charge on any atom is -0.481 e. The van der Waals surface area contributed by atoms with Gasteiger partial charge in [-0.25, -0.2) is 0 Å². The van der Waals surface area contributed by atoms with Crippen molar-refractivity contribution < 1.29 is 9.90 Å². The number of carbonyl (C=O) groups is 1. The SMILES string of the molecule is CCC(CC)CN1CCCC(C(=O)O)C1. The number of piperidine rings is 1. The van der Waals surface area contributed by atoms with Crippen molar-refractivity contribution in [2.24, 2.45) is 11.8 Å². The number of carboxylic acid groups (broad SMARTS) is 1. The summed E-state index contributed by atoms with van der Waals surface area (Å²) in [5, 5.41) is 8.98. The first-order chi connectivity index (χ1) is 7.17. The molecule has 0 saturated carbocycles. The van der Waals surface area contributed by atoms with Crippen LogP contribution in [0.1, 0.15) is 39.5 Å². The average molecular weight is 213 g/mol. The Morgan fingerprint density at radius 2 is 2.13 bits per heavy atom. The third-order valence-corrected chi connectivity index (χ3v) is 3.53. The molecule has 3 nitrogen and oxygen atoms in total. The predicted octanol–water partition coefficient (Wildman–Crippen LogP) is 2.22. The lowest BCUT2D eigenvalue weighted by Gasteiger charge is -2.32. The standard InChI is InChI=1S/C12H23NO2/c1-3-10(4-2)8-13-7-5-6-11(9-13)12(14)15/h10-11H,3-9H2,1-2H3,(H,14,15). The first kappa shape index (κ1) is 12.5. The Labute approximate surface area is 92.5 Å². The van der Waals surface area contributed by atoms with Gasteiger partial charge in [0.1, 0.15) is 0 Å². The van der Waals surface area contributed by atoms with Crippen LogP contribution in [0.4, 0.5) is 0 Å². The van der Waals surface area contributed by atoms with Gasteiger partial charge in [0.2, 0.25) is 0 Å². The van der Waals surface area contributed by atoms with E-state index in [1.165, 1.54) is 12.8 Å². The van der Waals surface area contributed by atoms with Crippen molar-refractivity contribution in [3.05, 3.63) is 0 Å². The number of carboxylic acids is 1. The average Bonchev–Trinajstić information content (AvgIpc) is 2.26. The zero-order valence-electron chi connectivity index (χ0n) is 9.91. The van der Waals surface area contributed by atoms with E-state index in [1.54, 1.807) is 0 Å². The molecule has 0 spiro atoms. The van der Waals surface area contributed by atoms with Crippen molar-refractivity contribution in [1.29, 1.82) is 0 Å². The monoisotopic (exact) mass is 213 g/mol. The molecule has 1 unspecified atom stereocenters. The highest BCUT2D eigenvalue weighted by molar-refractivity contribution is 5.70. The maximum atomic E-state index is 10.9. The summed E-state index contributed by atoms with van der Waals surface area (Å²) in [5.41, 5.74) is 0. The topological polar surface area (TPSA) is 40.5 Å². The number of aliphatic carboxylic acids is 1. The van der Waals surface area contributed by atoms with Gasteiger partial charge in [0.05, 0.1) is 5.92 Å². The van der Waals surface area contributed by atoms with Crippen molar-refractivity contribution in [2.75, 3.05) is 19.6 Å². The number of hydrogen-bond donors (Lipinski definition) is 1. The first-order valence-electron chi connectivity index (χ1n) is 6.12. The lowest BCUT2D eigenvalue weighted by molar-refractivity contribution is -0.143. The highest BCUT2D eigenvalue weighted by Crippen LogP contribution is 2.19. The van der Waals surface area contributed by atoms with E-state index >= 15 is 0 Å². The van der Waals surface area contributed by atoms with Crippen LogP contribution in [0.25, 0.3) is 0 Å². The Morgan fingerprint density at radius 3 is 2.67 bits per heavy atom. The second-order valence-corrected chi connectivity index (χ2v) is 4.62. The van der Waals surface area contributed by atoms with Crippen molar-refractivity contribution >= 4 is 5.97 Å². The van der Waals surface area contributed by atoms with Gasteiger partial charge in [-0.2, -0.15) is 0 Å². The molecule has 0 amide bonds. The Morgan fingerprint density at radius 1 is 1.47 bits per heavy atom. The molecular weight excluding hydrogens is 190 g/mol. The van der Waals surface area contributed by atoms with E-state index in [1.807, 2.05) is 0 Å². The molecule has 1 atom stereocenters. The van der Waals surface area contributed by atoms with E-state index in [4.69, 9.17) is 5.11 Å². The van der Waals surface area contributed by atoms with Crippen LogP contribution in [0.3, 0.4) is 0 Å². The Hall–Kier alpha value is -0.570. The smallest absolute Gasteiger partial charge is 0.307 e. The molecule has 1 aliphatic rings. The molecule has 1 heterocycles. The highest BCUT2D eigenvalue weighted by Gasteiger charge is 2.25. The molecular formula is C12H23NO2. The molecule has 0 radical (unpaired) electrons. The molecule has 1 aliphatic heterocycles. The van der Waals surface area contributed by atoms with Gasteiger partial charge in [-0.3, -0.25) is 4.79 Å². The zero-order valence-corrected chi connectivity index (χ0v) is 9.91. The molecule has 15 heavy (non-hydrogen) atoms. The lowest BCUT2D eigenvalue weighted by Crippen LogP contribution is -2.40. The third kappa shape index (κ3) is 3.82. The fraction of sp³-hybridized carbons (Fsp3) is 0.917. The number of likely N-dealkylation sites (tertiary alicyclic amines) is 1. The molecule has 1 saturated heterocycles. The molecule has 1 N–H and O–H groups in total. The summed E-state index contributed by atoms with van der Waals surface area (Å²) >= 11 is 0. The molecule has 0 aromatic rings. The summed E-state index contributed by atoms with van der Waals surface area (Å²) in [6.45, 7) is 7.35. The molecule has 0 aromatic carbocycles. The van der Waals surface area contributed by atoms with Gasteiger partial charge in [0, 0.05) is 13.1 Å². The molecule has 0 aromatic heterocycles. The van der Waals surface area contributed by atoms with Crippen LogP contribution in [0.2, 0.25) is 0 Å². The van der Waals surface area contributed by atoms with E-state index in [-0.39, 0.29) is 5.92 Å². The summed E-state index contributed by atoms with van der Waals surface area (Å²) in [4.78, 5) is 13.2. The van der Waals surface area contributed by atoms with Crippen LogP contribution in [0, 0.1) is 11.8 Å². The summed E-state index contributed by atoms with van der Waals surface area (Å²) in [6.07, 6.45) is 4.29. The minimum absolute atomic E-state index is 0.131. The van der Waals surface area contributed by atoms with E-state index in [9.17, 15) is 4.79 Å². The predicted molar refractivity (Wildman–Crippen MR) is 60.9 cm³/mol. The Kier molecular flexibility index (Phi) is 5.09. The molecule has 3 heteroatoms. The van der Waals surface area contributed by atoms with Crippen molar-refractivity contribution in [3.8, 4) is 0 Å². The molecule has 0 bridgehead atoms. The number of rotatable bonds is 5. The minimum atomic E-state index is -0.621. The van der Waals surface area contributed by atoms with Crippen LogP contribution in [-0.2, 0) is 4.79 Å². The zero-order chi connectivity index (χ0) is 11.3. The van der Waals surface area contributed by atoms with Crippen molar-refractivity contribution in [3.63, 3.8) is 0 Å². The van der Waals surface area contributed by atoms with Gasteiger partial charge in [0.15, 0.2) is 0 Å². The van der Waals surface area contributed by atoms with Crippen molar-refractivity contribution in [2.45, 2.75) is 39.5 Å². The van der Waals surface area contributed by atoms with Gasteiger partial charge >= 0.3 is 5.97 Å². The van der Waals surface area contributed by atoms with Crippen LogP contribution in [0.15, 0.2) is 0 Å². The van der Waals surface area contributed by atoms with Gasteiger partial charge in [0.25, 0.3) is 0 Å². The second kappa shape index (κ2) is 6.11. The van der Waals surface area contributed by atoms with Crippen LogP contribution >= 0.6 is 0 Å². The van der Waals surface area contributed by atoms with E-state index in [2.05, 4.69) is 18.7 Å². The van der Waals surface area contributed by atoms with Gasteiger partial charge in [-0.05, 0) is 25.3 Å². The third-order valence-electron chi connectivity index (χ3n) is 3.53. The Bertz CT molecular complexity index is 202. The molecule has 1 rings (SSSR count). The van der Waals surface area contributed by atoms with Gasteiger partial charge in [-0.15, -0.1) is 0 Å². The summed E-state index contributed by atoms with van der Waals surface area (Å²) in [7, 11) is 0. The maximum Gasteiger partial charge on any atom is 0.307 e. The summed E-state index contributed by atoms with van der Waals surface area (Å²) in [6, 6.07) is 0. The van der Waals surface area contributed by atoms with E-state index in [0.29, 0.717) is 0 Å². The van der Waals surface area contributed by atoms with Crippen molar-refractivity contribution in [1.82, 2.24) is 4.90 Å². The number of nitrogens with zero attached hydrogens (tertiary/aromatic N) is 1. The summed E-state index contributed by atoms with van der Waals surface area (Å²) in [5.74, 6) is -0.0186. The summed E-state index contributed by atoms with van der Waals surface area (Å²) < 4.78 is 0. The van der Waals surface area contributed by atoms with Crippen LogP contribution in [0.5, 0.6) is 0 Å². The van der Waals surface area contributed by atoms with Gasteiger partial charge in [-0.1, -0.05) is 26.7 Å². The molecule has 88 valence electrons. The fourth-order valence-electron chi connectivity index (χ4n) is 2.33. The van der Waals surface area contributed by atoms with E-state index < -0.39 is 5.97 Å². The quantitative estimate of drug-likeness (QED) is 0.761. The highest BCUT2D eigenvalue weighted by atomic mass is 16.4. The van der Waals surface area contributed by atoms with Crippen LogP contribution < -0.4 is 0 Å². The largest absolute Gasteiger partial charge is 0.481 e. The molecule has 1 fully saturated rings. The van der Waals surface area contributed by atoms with E-state index in [0.717, 1.165) is 38.4 Å².